The van der Waals surface area contributed by atoms with Crippen LogP contribution in [0.1, 0.15) is 12.7 Å². The number of hydrogen-bond donors (Lipinski definition) is 2. The van der Waals surface area contributed by atoms with E-state index < -0.39 is 5.60 Å². The van der Waals surface area contributed by atoms with E-state index in [1.807, 2.05) is 13.2 Å². The Hall–Kier alpha value is -0.330. The number of nitrogens with one attached hydrogen (secondary N) is 1. The summed E-state index contributed by atoms with van der Waals surface area (Å²) in [6, 6.07) is 1.79. The minimum Gasteiger partial charge on any atom is -0.387 e. The van der Waals surface area contributed by atoms with Gasteiger partial charge in [-0.3, -0.25) is 0 Å². The van der Waals surface area contributed by atoms with Crippen molar-refractivity contribution in [3.63, 3.8) is 0 Å². The molecule has 16 heavy (non-hydrogen) atoms. The molecular formula is C10H16BrN3OS. The summed E-state index contributed by atoms with van der Waals surface area (Å²) in [5.41, 5.74) is -0.731. The summed E-state index contributed by atoms with van der Waals surface area (Å²) in [4.78, 5) is 8.34. The van der Waals surface area contributed by atoms with E-state index in [2.05, 4.69) is 31.2 Å². The lowest BCUT2D eigenvalue weighted by Crippen LogP contribution is -2.36. The summed E-state index contributed by atoms with van der Waals surface area (Å²) in [5, 5.41) is 13.1. The van der Waals surface area contributed by atoms with Gasteiger partial charge in [0.2, 0.25) is 0 Å². The first-order valence-corrected chi connectivity index (χ1v) is 7.08. The number of anilines is 1. The zero-order valence-electron chi connectivity index (χ0n) is 9.62. The lowest BCUT2D eigenvalue weighted by atomic mass is 10.1. The number of aromatic nitrogens is 2. The van der Waals surface area contributed by atoms with E-state index >= 15 is 0 Å². The molecule has 0 radical (unpaired) electrons. The second kappa shape index (κ2) is 5.84. The van der Waals surface area contributed by atoms with Gasteiger partial charge in [0.1, 0.15) is 16.2 Å². The van der Waals surface area contributed by atoms with Gasteiger partial charge in [0.15, 0.2) is 0 Å². The molecule has 0 saturated carbocycles. The Labute approximate surface area is 108 Å². The van der Waals surface area contributed by atoms with Gasteiger partial charge in [-0.25, -0.2) is 9.97 Å². The van der Waals surface area contributed by atoms with Crippen molar-refractivity contribution in [2.75, 3.05) is 23.9 Å². The lowest BCUT2D eigenvalue weighted by Gasteiger charge is -2.22. The lowest BCUT2D eigenvalue weighted by molar-refractivity contribution is 0.0996. The van der Waals surface area contributed by atoms with Crippen LogP contribution in [0.15, 0.2) is 10.7 Å². The Morgan fingerprint density at radius 2 is 2.25 bits per heavy atom. The second-order valence-corrected chi connectivity index (χ2v) is 5.59. The van der Waals surface area contributed by atoms with Crippen molar-refractivity contribution in [2.24, 2.45) is 0 Å². The largest absolute Gasteiger partial charge is 0.387 e. The highest BCUT2D eigenvalue weighted by molar-refractivity contribution is 9.10. The number of thioether (sulfide) groups is 1. The number of nitrogens with zero attached hydrogens (tertiary/aromatic N) is 2. The maximum absolute atomic E-state index is 9.98. The fraction of sp³-hybridized carbons (Fsp3) is 0.600. The van der Waals surface area contributed by atoms with Gasteiger partial charge in [-0.2, -0.15) is 11.8 Å². The Bertz CT molecular complexity index is 340. The molecule has 1 heterocycles. The van der Waals surface area contributed by atoms with Crippen LogP contribution in [0.25, 0.3) is 0 Å². The molecule has 1 aromatic rings. The van der Waals surface area contributed by atoms with Crippen molar-refractivity contribution in [1.29, 1.82) is 0 Å². The summed E-state index contributed by atoms with van der Waals surface area (Å²) in [6.45, 7) is 4.10. The predicted molar refractivity (Wildman–Crippen MR) is 72.0 cm³/mol. The van der Waals surface area contributed by atoms with E-state index in [-0.39, 0.29) is 0 Å². The quantitative estimate of drug-likeness (QED) is 0.816. The minimum atomic E-state index is -0.731. The van der Waals surface area contributed by atoms with Crippen molar-refractivity contribution in [3.05, 3.63) is 16.5 Å². The molecule has 0 bridgehead atoms. The van der Waals surface area contributed by atoms with E-state index in [1.54, 1.807) is 24.8 Å². The van der Waals surface area contributed by atoms with Crippen molar-refractivity contribution >= 4 is 33.5 Å². The van der Waals surface area contributed by atoms with Gasteiger partial charge in [0.25, 0.3) is 0 Å². The zero-order chi connectivity index (χ0) is 12.2. The van der Waals surface area contributed by atoms with Crippen LogP contribution in [-0.2, 0) is 0 Å². The molecule has 4 nitrogen and oxygen atoms in total. The molecule has 0 fully saturated rings. The van der Waals surface area contributed by atoms with Gasteiger partial charge >= 0.3 is 0 Å². The second-order valence-electron chi connectivity index (χ2n) is 3.91. The molecule has 1 atom stereocenters. The molecule has 1 aromatic heterocycles. The number of hydrogen-bond acceptors (Lipinski definition) is 5. The first-order valence-electron chi connectivity index (χ1n) is 4.89. The third-order valence-corrected chi connectivity index (χ3v) is 3.23. The highest BCUT2D eigenvalue weighted by atomic mass is 79.9. The Morgan fingerprint density at radius 3 is 2.81 bits per heavy atom. The standard InChI is InChI=1S/C10H16BrN3OS/c1-7-13-8(11)4-9(14-7)12-5-10(2,15)6-16-3/h4,15H,5-6H2,1-3H3,(H,12,13,14). The molecule has 6 heteroatoms. The maximum atomic E-state index is 9.98. The first kappa shape index (κ1) is 13.7. The summed E-state index contributed by atoms with van der Waals surface area (Å²) in [7, 11) is 0. The third-order valence-electron chi connectivity index (χ3n) is 1.91. The van der Waals surface area contributed by atoms with Gasteiger partial charge < -0.3 is 10.4 Å². The normalized spacial score (nSPS) is 14.6. The Balaban J connectivity index is 2.60. The van der Waals surface area contributed by atoms with Crippen LogP contribution in [-0.4, -0.2) is 39.2 Å². The SMILES string of the molecule is CSCC(C)(O)CNc1cc(Br)nc(C)n1. The van der Waals surface area contributed by atoms with Crippen molar-refractivity contribution in [1.82, 2.24) is 9.97 Å². The van der Waals surface area contributed by atoms with E-state index in [0.29, 0.717) is 18.1 Å². The van der Waals surface area contributed by atoms with Crippen LogP contribution in [0.4, 0.5) is 5.82 Å². The van der Waals surface area contributed by atoms with E-state index in [0.717, 1.165) is 10.4 Å². The molecular weight excluding hydrogens is 290 g/mol. The average molecular weight is 306 g/mol. The molecule has 0 spiro atoms. The average Bonchev–Trinajstić information content (AvgIpc) is 2.13. The molecule has 2 N–H and O–H groups in total. The monoisotopic (exact) mass is 305 g/mol. The predicted octanol–water partition coefficient (Wildman–Crippen LogP) is 2.07. The minimum absolute atomic E-state index is 0.469. The van der Waals surface area contributed by atoms with Crippen LogP contribution < -0.4 is 5.32 Å². The number of aliphatic hydroxyl groups is 1. The van der Waals surface area contributed by atoms with E-state index in [9.17, 15) is 5.11 Å². The fourth-order valence-corrected chi connectivity index (χ4v) is 2.46. The zero-order valence-corrected chi connectivity index (χ0v) is 12.0. The highest BCUT2D eigenvalue weighted by Gasteiger charge is 2.19. The molecule has 1 unspecified atom stereocenters. The van der Waals surface area contributed by atoms with Crippen LogP contribution in [0.2, 0.25) is 0 Å². The number of rotatable bonds is 5. The van der Waals surface area contributed by atoms with Crippen LogP contribution in [0.5, 0.6) is 0 Å². The molecule has 0 aliphatic carbocycles. The van der Waals surface area contributed by atoms with Gasteiger partial charge in [-0.15, -0.1) is 0 Å². The number of halogens is 1. The van der Waals surface area contributed by atoms with Gasteiger partial charge in [0, 0.05) is 18.4 Å². The maximum Gasteiger partial charge on any atom is 0.130 e. The Kier molecular flexibility index (Phi) is 5.01. The highest BCUT2D eigenvalue weighted by Crippen LogP contribution is 2.15. The summed E-state index contributed by atoms with van der Waals surface area (Å²) < 4.78 is 0.743. The van der Waals surface area contributed by atoms with Crippen molar-refractivity contribution in [3.8, 4) is 0 Å². The molecule has 0 aliphatic rings. The van der Waals surface area contributed by atoms with Gasteiger partial charge in [0.05, 0.1) is 5.60 Å². The van der Waals surface area contributed by atoms with Gasteiger partial charge in [-0.1, -0.05) is 0 Å². The summed E-state index contributed by atoms with van der Waals surface area (Å²) in [6.07, 6.45) is 1.97. The topological polar surface area (TPSA) is 58.0 Å². The van der Waals surface area contributed by atoms with Gasteiger partial charge in [-0.05, 0) is 36.0 Å². The smallest absolute Gasteiger partial charge is 0.130 e. The van der Waals surface area contributed by atoms with Crippen LogP contribution in [0, 0.1) is 6.92 Å². The molecule has 0 aliphatic heterocycles. The first-order chi connectivity index (χ1) is 7.43. The molecule has 0 aromatic carbocycles. The van der Waals surface area contributed by atoms with E-state index in [1.165, 1.54) is 0 Å². The molecule has 90 valence electrons. The Morgan fingerprint density at radius 1 is 1.56 bits per heavy atom. The van der Waals surface area contributed by atoms with Crippen molar-refractivity contribution in [2.45, 2.75) is 19.4 Å². The molecule has 0 amide bonds. The summed E-state index contributed by atoms with van der Waals surface area (Å²) >= 11 is 4.92. The van der Waals surface area contributed by atoms with Crippen molar-refractivity contribution < 1.29 is 5.11 Å². The fourth-order valence-electron chi connectivity index (χ4n) is 1.26. The summed E-state index contributed by atoms with van der Waals surface area (Å²) in [5.74, 6) is 2.10. The van der Waals surface area contributed by atoms with Crippen LogP contribution in [0.3, 0.4) is 0 Å². The molecule has 1 rings (SSSR count). The van der Waals surface area contributed by atoms with Crippen LogP contribution >= 0.6 is 27.7 Å². The third kappa shape index (κ3) is 4.67. The molecule has 0 saturated heterocycles. The number of aryl methyl sites for hydroxylation is 1. The van der Waals surface area contributed by atoms with E-state index in [4.69, 9.17) is 0 Å².